The number of esters is 2. The van der Waals surface area contributed by atoms with Crippen LogP contribution in [-0.2, 0) is 4.74 Å². The Morgan fingerprint density at radius 1 is 0.804 bits per heavy atom. The molecule has 0 saturated carbocycles. The number of benzene rings is 3. The topological polar surface area (TPSA) is 105 Å². The van der Waals surface area contributed by atoms with Gasteiger partial charge in [0.1, 0.15) is 11.6 Å². The van der Waals surface area contributed by atoms with Crippen molar-refractivity contribution < 1.29 is 33.1 Å². The van der Waals surface area contributed by atoms with E-state index in [2.05, 4.69) is 6.92 Å². The molecular formula is C37H46FNO7. The quantitative estimate of drug-likeness (QED) is 0.0400. The largest absolute Gasteiger partial charge is 0.487 e. The second-order valence-corrected chi connectivity index (χ2v) is 11.7. The number of hydrogen-bond acceptors (Lipinski definition) is 7. The Labute approximate surface area is 271 Å². The molecule has 0 fully saturated rings. The standard InChI is InChI=1S/C37H46FNO7/c1-4-6-7-8-9-10-11-12-13-14-23-44-35-22-19-30(24-34(35)39(42)43)28-15-17-29(18-16-28)36(40)46-31-20-21-32(33(38)25-31)37(41)45-26-27(3)5-2/h15-22,24-25,27H,4-14,23,26H2,1-3H3. The van der Waals surface area contributed by atoms with Gasteiger partial charge in [-0.05, 0) is 53.8 Å². The molecule has 9 heteroatoms. The van der Waals surface area contributed by atoms with E-state index >= 15 is 0 Å². The molecule has 0 saturated heterocycles. The van der Waals surface area contributed by atoms with Crippen molar-refractivity contribution in [3.8, 4) is 22.6 Å². The minimum absolute atomic E-state index is 0.0610. The van der Waals surface area contributed by atoms with E-state index in [1.807, 2.05) is 13.8 Å². The summed E-state index contributed by atoms with van der Waals surface area (Å²) in [6.07, 6.45) is 12.8. The molecule has 248 valence electrons. The van der Waals surface area contributed by atoms with Crippen LogP contribution in [0.1, 0.15) is 112 Å². The van der Waals surface area contributed by atoms with Crippen LogP contribution in [-0.4, -0.2) is 30.1 Å². The zero-order valence-corrected chi connectivity index (χ0v) is 27.2. The molecule has 0 heterocycles. The number of nitrogens with zero attached hydrogens (tertiary/aromatic N) is 1. The summed E-state index contributed by atoms with van der Waals surface area (Å²) in [6.45, 7) is 6.72. The van der Waals surface area contributed by atoms with E-state index in [4.69, 9.17) is 14.2 Å². The lowest BCUT2D eigenvalue weighted by atomic mass is 10.0. The van der Waals surface area contributed by atoms with Crippen molar-refractivity contribution in [1.29, 1.82) is 0 Å². The molecular weight excluding hydrogens is 589 g/mol. The second-order valence-electron chi connectivity index (χ2n) is 11.7. The molecule has 1 unspecified atom stereocenters. The highest BCUT2D eigenvalue weighted by atomic mass is 19.1. The number of rotatable bonds is 20. The Morgan fingerprint density at radius 3 is 2.04 bits per heavy atom. The van der Waals surface area contributed by atoms with Crippen LogP contribution in [0.3, 0.4) is 0 Å². The number of carbonyl (C=O) groups is 2. The van der Waals surface area contributed by atoms with E-state index in [-0.39, 0.29) is 40.8 Å². The van der Waals surface area contributed by atoms with Crippen LogP contribution in [0.4, 0.5) is 10.1 Å². The third-order valence-corrected chi connectivity index (χ3v) is 7.93. The molecule has 0 bridgehead atoms. The van der Waals surface area contributed by atoms with Gasteiger partial charge in [-0.1, -0.05) is 103 Å². The summed E-state index contributed by atoms with van der Waals surface area (Å²) in [5, 5.41) is 11.8. The molecule has 3 aromatic rings. The highest BCUT2D eigenvalue weighted by Crippen LogP contribution is 2.33. The van der Waals surface area contributed by atoms with E-state index in [1.165, 1.54) is 75.3 Å². The lowest BCUT2D eigenvalue weighted by Crippen LogP contribution is -2.13. The first-order chi connectivity index (χ1) is 22.2. The van der Waals surface area contributed by atoms with Gasteiger partial charge in [0.15, 0.2) is 5.75 Å². The Morgan fingerprint density at radius 2 is 1.43 bits per heavy atom. The number of nitro groups is 1. The van der Waals surface area contributed by atoms with Crippen molar-refractivity contribution in [3.05, 3.63) is 87.7 Å². The Hall–Kier alpha value is -4.27. The zero-order chi connectivity index (χ0) is 33.3. The van der Waals surface area contributed by atoms with Gasteiger partial charge in [-0.2, -0.15) is 0 Å². The van der Waals surface area contributed by atoms with Crippen molar-refractivity contribution in [2.75, 3.05) is 13.2 Å². The fourth-order valence-electron chi connectivity index (χ4n) is 4.84. The van der Waals surface area contributed by atoms with E-state index < -0.39 is 22.7 Å². The lowest BCUT2D eigenvalue weighted by Gasteiger charge is -2.11. The van der Waals surface area contributed by atoms with Gasteiger partial charge in [-0.25, -0.2) is 14.0 Å². The highest BCUT2D eigenvalue weighted by Gasteiger charge is 2.19. The van der Waals surface area contributed by atoms with Crippen LogP contribution in [0.2, 0.25) is 0 Å². The van der Waals surface area contributed by atoms with Gasteiger partial charge in [0.05, 0.1) is 29.3 Å². The summed E-state index contributed by atoms with van der Waals surface area (Å²) in [4.78, 5) is 36.2. The Kier molecular flexibility index (Phi) is 15.2. The number of halogens is 1. The summed E-state index contributed by atoms with van der Waals surface area (Å²) < 4.78 is 30.8. The zero-order valence-electron chi connectivity index (χ0n) is 27.2. The number of carbonyl (C=O) groups excluding carboxylic acids is 2. The van der Waals surface area contributed by atoms with Crippen LogP contribution in [0, 0.1) is 21.8 Å². The average molecular weight is 636 g/mol. The van der Waals surface area contributed by atoms with E-state index in [0.29, 0.717) is 17.7 Å². The van der Waals surface area contributed by atoms with Gasteiger partial charge in [0, 0.05) is 12.1 Å². The average Bonchev–Trinajstić information content (AvgIpc) is 3.06. The number of hydrogen-bond donors (Lipinski definition) is 0. The summed E-state index contributed by atoms with van der Waals surface area (Å²) in [5.41, 5.74) is 1.09. The number of unbranched alkanes of at least 4 members (excludes halogenated alkanes) is 9. The van der Waals surface area contributed by atoms with E-state index in [0.717, 1.165) is 31.7 Å². The molecule has 0 radical (unpaired) electrons. The Bertz CT molecular complexity index is 1420. The first-order valence-electron chi connectivity index (χ1n) is 16.4. The lowest BCUT2D eigenvalue weighted by molar-refractivity contribution is -0.385. The second kappa shape index (κ2) is 19.3. The fourth-order valence-corrected chi connectivity index (χ4v) is 4.84. The molecule has 0 N–H and O–H groups in total. The molecule has 0 spiro atoms. The van der Waals surface area contributed by atoms with Gasteiger partial charge < -0.3 is 14.2 Å². The molecule has 0 aliphatic heterocycles. The molecule has 3 aromatic carbocycles. The summed E-state index contributed by atoms with van der Waals surface area (Å²) in [6, 6.07) is 14.7. The minimum Gasteiger partial charge on any atom is -0.487 e. The van der Waals surface area contributed by atoms with Gasteiger partial charge in [-0.3, -0.25) is 10.1 Å². The van der Waals surface area contributed by atoms with E-state index in [1.54, 1.807) is 24.3 Å². The Balaban J connectivity index is 1.52. The monoisotopic (exact) mass is 635 g/mol. The van der Waals surface area contributed by atoms with Crippen LogP contribution < -0.4 is 9.47 Å². The van der Waals surface area contributed by atoms with Gasteiger partial charge in [0.25, 0.3) is 0 Å². The van der Waals surface area contributed by atoms with Crippen molar-refractivity contribution >= 4 is 17.6 Å². The minimum atomic E-state index is -0.854. The molecule has 0 amide bonds. The van der Waals surface area contributed by atoms with Crippen molar-refractivity contribution in [1.82, 2.24) is 0 Å². The van der Waals surface area contributed by atoms with Crippen molar-refractivity contribution in [2.24, 2.45) is 5.92 Å². The molecule has 0 aliphatic carbocycles. The maximum absolute atomic E-state index is 14.6. The van der Waals surface area contributed by atoms with Gasteiger partial charge >= 0.3 is 17.6 Å². The smallest absolute Gasteiger partial charge is 0.343 e. The summed E-state index contributed by atoms with van der Waals surface area (Å²) >= 11 is 0. The predicted octanol–water partition coefficient (Wildman–Crippen LogP) is 10.1. The van der Waals surface area contributed by atoms with Crippen LogP contribution >= 0.6 is 0 Å². The van der Waals surface area contributed by atoms with Crippen molar-refractivity contribution in [3.63, 3.8) is 0 Å². The van der Waals surface area contributed by atoms with Crippen LogP contribution in [0.5, 0.6) is 11.5 Å². The third-order valence-electron chi connectivity index (χ3n) is 7.93. The van der Waals surface area contributed by atoms with Crippen LogP contribution in [0.15, 0.2) is 60.7 Å². The number of ether oxygens (including phenoxy) is 3. The molecule has 46 heavy (non-hydrogen) atoms. The summed E-state index contributed by atoms with van der Waals surface area (Å²) in [5.74, 6) is -2.03. The fraction of sp³-hybridized carbons (Fsp3) is 0.459. The van der Waals surface area contributed by atoms with Gasteiger partial charge in [0.2, 0.25) is 0 Å². The molecule has 8 nitrogen and oxygen atoms in total. The van der Waals surface area contributed by atoms with Crippen molar-refractivity contribution in [2.45, 2.75) is 91.4 Å². The third kappa shape index (κ3) is 11.6. The SMILES string of the molecule is CCCCCCCCCCCCOc1ccc(-c2ccc(C(=O)Oc3ccc(C(=O)OCC(C)CC)c(F)c3)cc2)cc1[N+](=O)[O-]. The molecule has 3 rings (SSSR count). The normalized spacial score (nSPS) is 11.6. The van der Waals surface area contributed by atoms with Crippen LogP contribution in [0.25, 0.3) is 11.1 Å². The van der Waals surface area contributed by atoms with Gasteiger partial charge in [-0.15, -0.1) is 0 Å². The highest BCUT2D eigenvalue weighted by molar-refractivity contribution is 5.92. The maximum atomic E-state index is 14.6. The maximum Gasteiger partial charge on any atom is 0.343 e. The predicted molar refractivity (Wildman–Crippen MR) is 177 cm³/mol. The summed E-state index contributed by atoms with van der Waals surface area (Å²) in [7, 11) is 0. The molecule has 0 aliphatic rings. The first-order valence-corrected chi connectivity index (χ1v) is 16.4. The number of nitro benzene ring substituents is 1. The first kappa shape index (κ1) is 36.2. The molecule has 1 atom stereocenters. The molecule has 0 aromatic heterocycles. The van der Waals surface area contributed by atoms with E-state index in [9.17, 15) is 24.1 Å².